The van der Waals surface area contributed by atoms with Crippen molar-refractivity contribution in [3.05, 3.63) is 70.1 Å². The molecule has 1 heterocycles. The highest BCUT2D eigenvalue weighted by atomic mass is 16.6. The fraction of sp³-hybridized carbons (Fsp3) is 0.190. The van der Waals surface area contributed by atoms with Crippen LogP contribution in [-0.4, -0.2) is 28.7 Å². The Bertz CT molecular complexity index is 1090. The summed E-state index contributed by atoms with van der Waals surface area (Å²) in [5.74, 6) is 0.307. The third kappa shape index (κ3) is 3.73. The third-order valence-electron chi connectivity index (χ3n) is 4.31. The molecular weight excluding hydrogens is 358 g/mol. The average Bonchev–Trinajstić information content (AvgIpc) is 2.90. The summed E-state index contributed by atoms with van der Waals surface area (Å²) >= 11 is 0. The van der Waals surface area contributed by atoms with Gasteiger partial charge in [0.05, 0.1) is 18.5 Å². The Hall–Kier alpha value is -3.61. The fourth-order valence-corrected chi connectivity index (χ4v) is 2.85. The van der Waals surface area contributed by atoms with E-state index in [-0.39, 0.29) is 5.56 Å². The number of rotatable bonds is 5. The van der Waals surface area contributed by atoms with E-state index in [9.17, 15) is 9.59 Å². The highest BCUT2D eigenvalue weighted by Gasteiger charge is 2.15. The highest BCUT2D eigenvalue weighted by Crippen LogP contribution is 2.28. The van der Waals surface area contributed by atoms with E-state index in [4.69, 9.17) is 9.47 Å². The smallest absolute Gasteiger partial charge is 0.308 e. The number of hydrogen-bond acceptors (Lipinski definition) is 5. The van der Waals surface area contributed by atoms with E-state index in [0.29, 0.717) is 22.7 Å². The molecule has 0 aliphatic rings. The summed E-state index contributed by atoms with van der Waals surface area (Å²) in [4.78, 5) is 28.4. The van der Waals surface area contributed by atoms with E-state index in [1.807, 2.05) is 44.3 Å². The summed E-state index contributed by atoms with van der Waals surface area (Å²) in [6.07, 6.45) is 1.58. The molecule has 2 aromatic carbocycles. The van der Waals surface area contributed by atoms with E-state index in [2.05, 4.69) is 4.99 Å². The van der Waals surface area contributed by atoms with Crippen LogP contribution < -0.4 is 15.0 Å². The van der Waals surface area contributed by atoms with E-state index in [1.165, 1.54) is 14.0 Å². The first-order valence-corrected chi connectivity index (χ1v) is 8.67. The van der Waals surface area contributed by atoms with Crippen molar-refractivity contribution >= 4 is 17.9 Å². The first-order valence-electron chi connectivity index (χ1n) is 8.67. The van der Waals surface area contributed by atoms with Crippen LogP contribution in [0.5, 0.6) is 11.5 Å². The Morgan fingerprint density at radius 1 is 1.11 bits per heavy atom. The lowest BCUT2D eigenvalue weighted by Gasteiger charge is -2.08. The second-order valence-corrected chi connectivity index (χ2v) is 6.17. The molecule has 3 aromatic rings. The lowest BCUT2D eigenvalue weighted by atomic mass is 10.2. The quantitative estimate of drug-likeness (QED) is 0.388. The number of carbonyl (C=O) groups is 1. The molecule has 0 saturated carbocycles. The van der Waals surface area contributed by atoms with Gasteiger partial charge in [0, 0.05) is 20.2 Å². The standard InChI is InChI=1S/C21H21N3O4/c1-14-20(21(26)24(23(14)3)17-8-6-5-7-9-17)22-13-16-10-11-18(28-15(2)25)19(12-16)27-4/h5-13H,1-4H3. The minimum Gasteiger partial charge on any atom is -0.493 e. The number of aliphatic imine (C=N–C) groups is 1. The van der Waals surface area contributed by atoms with Crippen LogP contribution in [0.3, 0.4) is 0 Å². The molecular formula is C21H21N3O4. The largest absolute Gasteiger partial charge is 0.493 e. The number of esters is 1. The predicted octanol–water partition coefficient (Wildman–Crippen LogP) is 3.17. The maximum atomic E-state index is 12.9. The highest BCUT2D eigenvalue weighted by molar-refractivity contribution is 5.83. The fourth-order valence-electron chi connectivity index (χ4n) is 2.85. The van der Waals surface area contributed by atoms with E-state index >= 15 is 0 Å². The number of aromatic nitrogens is 2. The molecule has 0 unspecified atom stereocenters. The lowest BCUT2D eigenvalue weighted by Crippen LogP contribution is -2.19. The van der Waals surface area contributed by atoms with Gasteiger partial charge in [-0.05, 0) is 42.8 Å². The molecule has 0 amide bonds. The molecule has 28 heavy (non-hydrogen) atoms. The van der Waals surface area contributed by atoms with Gasteiger partial charge in [-0.2, -0.15) is 0 Å². The van der Waals surface area contributed by atoms with E-state index < -0.39 is 5.97 Å². The molecule has 0 saturated heterocycles. The molecule has 0 aliphatic carbocycles. The number of para-hydroxylation sites is 1. The molecule has 0 atom stereocenters. The summed E-state index contributed by atoms with van der Waals surface area (Å²) in [6, 6.07) is 14.4. The van der Waals surface area contributed by atoms with E-state index in [0.717, 1.165) is 11.4 Å². The molecule has 0 N–H and O–H groups in total. The molecule has 144 valence electrons. The van der Waals surface area contributed by atoms with Crippen molar-refractivity contribution in [2.24, 2.45) is 12.0 Å². The van der Waals surface area contributed by atoms with Crippen molar-refractivity contribution in [3.63, 3.8) is 0 Å². The van der Waals surface area contributed by atoms with Crippen molar-refractivity contribution < 1.29 is 14.3 Å². The Labute approximate surface area is 162 Å². The Morgan fingerprint density at radius 3 is 2.46 bits per heavy atom. The Kier molecular flexibility index (Phi) is 5.44. The number of nitrogens with zero attached hydrogens (tertiary/aromatic N) is 3. The van der Waals surface area contributed by atoms with Crippen molar-refractivity contribution in [2.75, 3.05) is 7.11 Å². The zero-order valence-electron chi connectivity index (χ0n) is 16.2. The van der Waals surface area contributed by atoms with Gasteiger partial charge < -0.3 is 9.47 Å². The number of carbonyl (C=O) groups excluding carboxylic acids is 1. The maximum absolute atomic E-state index is 12.9. The average molecular weight is 379 g/mol. The number of benzene rings is 2. The summed E-state index contributed by atoms with van der Waals surface area (Å²) in [7, 11) is 3.31. The summed E-state index contributed by atoms with van der Waals surface area (Å²) in [6.45, 7) is 3.17. The summed E-state index contributed by atoms with van der Waals surface area (Å²) in [5, 5.41) is 0. The van der Waals surface area contributed by atoms with Gasteiger partial charge in [-0.3, -0.25) is 14.3 Å². The van der Waals surface area contributed by atoms with Gasteiger partial charge in [-0.1, -0.05) is 18.2 Å². The molecule has 0 aliphatic heterocycles. The molecule has 1 aromatic heterocycles. The van der Waals surface area contributed by atoms with Crippen LogP contribution in [-0.2, 0) is 11.8 Å². The molecule has 0 fully saturated rings. The minimum absolute atomic E-state index is 0.203. The van der Waals surface area contributed by atoms with Gasteiger partial charge in [0.15, 0.2) is 17.2 Å². The molecule has 0 bridgehead atoms. The SMILES string of the molecule is COc1cc(C=Nc2c(C)n(C)n(-c3ccccc3)c2=O)ccc1OC(C)=O. The topological polar surface area (TPSA) is 74.8 Å². The van der Waals surface area contributed by atoms with Crippen LogP contribution in [0.2, 0.25) is 0 Å². The minimum atomic E-state index is -0.430. The van der Waals surface area contributed by atoms with Gasteiger partial charge in [0.25, 0.3) is 5.56 Å². The number of hydrogen-bond donors (Lipinski definition) is 0. The van der Waals surface area contributed by atoms with Gasteiger partial charge in [-0.25, -0.2) is 9.67 Å². The van der Waals surface area contributed by atoms with Crippen LogP contribution in [0, 0.1) is 6.92 Å². The summed E-state index contributed by atoms with van der Waals surface area (Å²) < 4.78 is 13.7. The molecule has 7 heteroatoms. The monoisotopic (exact) mass is 379 g/mol. The third-order valence-corrected chi connectivity index (χ3v) is 4.31. The van der Waals surface area contributed by atoms with Crippen LogP contribution in [0.25, 0.3) is 5.69 Å². The van der Waals surface area contributed by atoms with Crippen LogP contribution in [0.1, 0.15) is 18.2 Å². The van der Waals surface area contributed by atoms with Crippen molar-refractivity contribution in [3.8, 4) is 17.2 Å². The van der Waals surface area contributed by atoms with Gasteiger partial charge in [0.1, 0.15) is 0 Å². The maximum Gasteiger partial charge on any atom is 0.308 e. The van der Waals surface area contributed by atoms with Crippen molar-refractivity contribution in [2.45, 2.75) is 13.8 Å². The Morgan fingerprint density at radius 2 is 1.82 bits per heavy atom. The first kappa shape index (κ1) is 19.2. The molecule has 0 spiro atoms. The lowest BCUT2D eigenvalue weighted by molar-refractivity contribution is -0.132. The second kappa shape index (κ2) is 7.96. The van der Waals surface area contributed by atoms with Crippen LogP contribution in [0.15, 0.2) is 58.3 Å². The van der Waals surface area contributed by atoms with Gasteiger partial charge in [-0.15, -0.1) is 0 Å². The molecule has 0 radical (unpaired) electrons. The summed E-state index contributed by atoms with van der Waals surface area (Å²) in [5.41, 5.74) is 2.38. The zero-order valence-corrected chi connectivity index (χ0v) is 16.2. The molecule has 7 nitrogen and oxygen atoms in total. The van der Waals surface area contributed by atoms with E-state index in [1.54, 1.807) is 33.8 Å². The zero-order chi connectivity index (χ0) is 20.3. The second-order valence-electron chi connectivity index (χ2n) is 6.17. The normalized spacial score (nSPS) is 11.0. The Balaban J connectivity index is 1.97. The first-order chi connectivity index (χ1) is 13.4. The number of ether oxygens (including phenoxy) is 2. The van der Waals surface area contributed by atoms with Crippen LogP contribution >= 0.6 is 0 Å². The van der Waals surface area contributed by atoms with Crippen molar-refractivity contribution in [1.29, 1.82) is 0 Å². The van der Waals surface area contributed by atoms with Crippen LogP contribution in [0.4, 0.5) is 5.69 Å². The molecule has 3 rings (SSSR count). The van der Waals surface area contributed by atoms with Gasteiger partial charge in [0.2, 0.25) is 0 Å². The predicted molar refractivity (Wildman–Crippen MR) is 107 cm³/mol. The van der Waals surface area contributed by atoms with Crippen molar-refractivity contribution in [1.82, 2.24) is 9.36 Å². The van der Waals surface area contributed by atoms with Gasteiger partial charge >= 0.3 is 5.97 Å². The number of methoxy groups -OCH3 is 1.